The summed E-state index contributed by atoms with van der Waals surface area (Å²) in [4.78, 5) is 0. The maximum atomic E-state index is 3.63. The smallest absolute Gasteiger partial charge is 0.00412 e. The molecule has 2 atom stereocenters. The molecule has 1 N–H and O–H groups in total. The van der Waals surface area contributed by atoms with Gasteiger partial charge in [-0.15, -0.1) is 0 Å². The van der Waals surface area contributed by atoms with Crippen molar-refractivity contribution in [2.75, 3.05) is 6.54 Å². The van der Waals surface area contributed by atoms with Gasteiger partial charge in [-0.05, 0) is 58.4 Å². The first kappa shape index (κ1) is 15.7. The zero-order chi connectivity index (χ0) is 12.6. The Morgan fingerprint density at radius 2 is 1.75 bits per heavy atom. The molecule has 0 aromatic heterocycles. The second-order valence-corrected chi connectivity index (χ2v) is 5.90. The van der Waals surface area contributed by atoms with Gasteiger partial charge in [0.25, 0.3) is 0 Å². The molecule has 0 radical (unpaired) electrons. The minimum absolute atomic E-state index is 0.658. The van der Waals surface area contributed by atoms with Crippen LogP contribution in [0.3, 0.4) is 0 Å². The molecule has 0 spiro atoms. The molecule has 96 valence electrons. The molecule has 0 aliphatic rings. The summed E-state index contributed by atoms with van der Waals surface area (Å²) in [5, 5.41) is 3.63. The van der Waals surface area contributed by atoms with E-state index in [0.717, 1.165) is 18.4 Å². The van der Waals surface area contributed by atoms with Crippen molar-refractivity contribution in [3.63, 3.8) is 0 Å². The van der Waals surface area contributed by atoms with E-state index in [1.807, 2.05) is 0 Å². The molecule has 0 amide bonds. The topological polar surface area (TPSA) is 12.0 Å². The Morgan fingerprint density at radius 1 is 1.12 bits per heavy atom. The summed E-state index contributed by atoms with van der Waals surface area (Å²) >= 11 is 0. The van der Waals surface area contributed by atoms with E-state index in [2.05, 4.69) is 52.9 Å². The lowest BCUT2D eigenvalue weighted by Crippen LogP contribution is -2.31. The maximum Gasteiger partial charge on any atom is 0.00412 e. The van der Waals surface area contributed by atoms with Crippen LogP contribution in [0.4, 0.5) is 0 Å². The first-order chi connectivity index (χ1) is 7.41. The monoisotopic (exact) mass is 225 g/mol. The Labute approximate surface area is 103 Å². The molecule has 0 aliphatic carbocycles. The van der Waals surface area contributed by atoms with Crippen LogP contribution in [0, 0.1) is 11.8 Å². The van der Waals surface area contributed by atoms with Crippen LogP contribution in [-0.4, -0.2) is 12.6 Å². The van der Waals surface area contributed by atoms with E-state index in [9.17, 15) is 0 Å². The molecule has 0 heterocycles. The Bertz CT molecular complexity index is 190. The number of nitrogens with one attached hydrogen (secondary N) is 1. The molecule has 0 aliphatic heterocycles. The predicted octanol–water partition coefficient (Wildman–Crippen LogP) is 4.39. The predicted molar refractivity (Wildman–Crippen MR) is 74.7 cm³/mol. The zero-order valence-corrected chi connectivity index (χ0v) is 12.1. The van der Waals surface area contributed by atoms with Crippen LogP contribution in [-0.2, 0) is 0 Å². The standard InChI is InChI=1S/C15H31N/c1-12(2)8-7-9-14(5)11-16-15(6)10-13(3)4/h8,13-16H,7,9-11H2,1-6H3/t14?,15-/m1/s1. The quantitative estimate of drug-likeness (QED) is 0.604. The first-order valence-corrected chi connectivity index (χ1v) is 6.78. The fourth-order valence-electron chi connectivity index (χ4n) is 1.95. The average molecular weight is 225 g/mol. The Morgan fingerprint density at radius 3 is 2.25 bits per heavy atom. The van der Waals surface area contributed by atoms with E-state index in [1.165, 1.54) is 24.8 Å². The Balaban J connectivity index is 3.56. The molecule has 0 saturated carbocycles. The second kappa shape index (κ2) is 8.81. The molecule has 0 aromatic rings. The number of hydrogen-bond donors (Lipinski definition) is 1. The summed E-state index contributed by atoms with van der Waals surface area (Å²) in [5.74, 6) is 1.58. The van der Waals surface area contributed by atoms with E-state index < -0.39 is 0 Å². The van der Waals surface area contributed by atoms with Crippen LogP contribution in [0.2, 0.25) is 0 Å². The van der Waals surface area contributed by atoms with Gasteiger partial charge < -0.3 is 5.32 Å². The van der Waals surface area contributed by atoms with Crippen molar-refractivity contribution in [3.8, 4) is 0 Å². The van der Waals surface area contributed by atoms with Crippen LogP contribution in [0.5, 0.6) is 0 Å². The lowest BCUT2D eigenvalue weighted by atomic mass is 10.0. The zero-order valence-electron chi connectivity index (χ0n) is 12.1. The third kappa shape index (κ3) is 10.2. The lowest BCUT2D eigenvalue weighted by molar-refractivity contribution is 0.398. The highest BCUT2D eigenvalue weighted by Gasteiger charge is 2.06. The van der Waals surface area contributed by atoms with Crippen molar-refractivity contribution in [2.24, 2.45) is 11.8 Å². The minimum atomic E-state index is 0.658. The van der Waals surface area contributed by atoms with Gasteiger partial charge in [-0.3, -0.25) is 0 Å². The van der Waals surface area contributed by atoms with Gasteiger partial charge in [-0.1, -0.05) is 32.4 Å². The highest BCUT2D eigenvalue weighted by Crippen LogP contribution is 2.08. The van der Waals surface area contributed by atoms with Crippen LogP contribution >= 0.6 is 0 Å². The van der Waals surface area contributed by atoms with Crippen LogP contribution in [0.25, 0.3) is 0 Å². The van der Waals surface area contributed by atoms with Crippen LogP contribution in [0.15, 0.2) is 11.6 Å². The molecule has 1 nitrogen and oxygen atoms in total. The largest absolute Gasteiger partial charge is 0.314 e. The normalized spacial score (nSPS) is 14.9. The SMILES string of the molecule is CC(C)=CCCC(C)CN[C@H](C)CC(C)C. The second-order valence-electron chi connectivity index (χ2n) is 5.90. The summed E-state index contributed by atoms with van der Waals surface area (Å²) in [6, 6.07) is 0.658. The lowest BCUT2D eigenvalue weighted by Gasteiger charge is -2.19. The van der Waals surface area contributed by atoms with Crippen molar-refractivity contribution < 1.29 is 0 Å². The van der Waals surface area contributed by atoms with Crippen molar-refractivity contribution >= 4 is 0 Å². The molecule has 1 unspecified atom stereocenters. The molecular weight excluding hydrogens is 194 g/mol. The summed E-state index contributed by atoms with van der Waals surface area (Å²) in [6.45, 7) is 14.7. The van der Waals surface area contributed by atoms with Gasteiger partial charge in [0.1, 0.15) is 0 Å². The van der Waals surface area contributed by atoms with E-state index in [4.69, 9.17) is 0 Å². The molecule has 0 saturated heterocycles. The molecule has 0 aromatic carbocycles. The maximum absolute atomic E-state index is 3.63. The van der Waals surface area contributed by atoms with Gasteiger partial charge in [0.15, 0.2) is 0 Å². The number of hydrogen-bond acceptors (Lipinski definition) is 1. The molecule has 0 fully saturated rings. The molecular formula is C15H31N. The van der Waals surface area contributed by atoms with Crippen molar-refractivity contribution in [3.05, 3.63) is 11.6 Å². The highest BCUT2D eigenvalue weighted by atomic mass is 14.9. The van der Waals surface area contributed by atoms with Crippen molar-refractivity contribution in [2.45, 2.75) is 66.8 Å². The van der Waals surface area contributed by atoms with Gasteiger partial charge in [0.05, 0.1) is 0 Å². The van der Waals surface area contributed by atoms with Crippen LogP contribution in [0.1, 0.15) is 60.8 Å². The molecule has 16 heavy (non-hydrogen) atoms. The third-order valence-electron chi connectivity index (χ3n) is 2.85. The van der Waals surface area contributed by atoms with Crippen LogP contribution < -0.4 is 5.32 Å². The molecule has 0 bridgehead atoms. The first-order valence-electron chi connectivity index (χ1n) is 6.78. The van der Waals surface area contributed by atoms with Crippen molar-refractivity contribution in [1.82, 2.24) is 5.32 Å². The van der Waals surface area contributed by atoms with Gasteiger partial charge in [0, 0.05) is 6.04 Å². The summed E-state index contributed by atoms with van der Waals surface area (Å²) in [7, 11) is 0. The fraction of sp³-hybridized carbons (Fsp3) is 0.867. The van der Waals surface area contributed by atoms with Gasteiger partial charge in [-0.2, -0.15) is 0 Å². The van der Waals surface area contributed by atoms with E-state index in [1.54, 1.807) is 0 Å². The van der Waals surface area contributed by atoms with Gasteiger partial charge in [0.2, 0.25) is 0 Å². The Hall–Kier alpha value is -0.300. The molecule has 0 rings (SSSR count). The summed E-state index contributed by atoms with van der Waals surface area (Å²) < 4.78 is 0. The fourth-order valence-corrected chi connectivity index (χ4v) is 1.95. The Kier molecular flexibility index (Phi) is 8.64. The van der Waals surface area contributed by atoms with Gasteiger partial charge >= 0.3 is 0 Å². The van der Waals surface area contributed by atoms with E-state index >= 15 is 0 Å². The average Bonchev–Trinajstić information content (AvgIpc) is 2.13. The van der Waals surface area contributed by atoms with E-state index in [0.29, 0.717) is 6.04 Å². The molecule has 1 heteroatoms. The minimum Gasteiger partial charge on any atom is -0.314 e. The summed E-state index contributed by atoms with van der Waals surface area (Å²) in [6.07, 6.45) is 6.14. The third-order valence-corrected chi connectivity index (χ3v) is 2.85. The van der Waals surface area contributed by atoms with Crippen molar-refractivity contribution in [1.29, 1.82) is 0 Å². The van der Waals surface area contributed by atoms with E-state index in [-0.39, 0.29) is 0 Å². The highest BCUT2D eigenvalue weighted by molar-refractivity contribution is 4.92. The number of allylic oxidation sites excluding steroid dienone is 2. The van der Waals surface area contributed by atoms with Gasteiger partial charge in [-0.25, -0.2) is 0 Å². The summed E-state index contributed by atoms with van der Waals surface area (Å²) in [5.41, 5.74) is 1.44. The number of rotatable bonds is 8.